The van der Waals surface area contributed by atoms with E-state index < -0.39 is 5.95 Å². The fourth-order valence-electron chi connectivity index (χ4n) is 1.67. The fourth-order valence-corrected chi connectivity index (χ4v) is 1.67. The van der Waals surface area contributed by atoms with Crippen LogP contribution in [0.15, 0.2) is 42.6 Å². The minimum Gasteiger partial charge on any atom is -0.378 e. The Balaban J connectivity index is 2.12. The van der Waals surface area contributed by atoms with Crippen molar-refractivity contribution < 1.29 is 4.39 Å². The molecular weight excluding hydrogens is 229 g/mol. The van der Waals surface area contributed by atoms with Gasteiger partial charge in [-0.05, 0) is 30.7 Å². The average molecular weight is 241 g/mol. The van der Waals surface area contributed by atoms with Gasteiger partial charge in [0.2, 0.25) is 5.95 Å². The highest BCUT2D eigenvalue weighted by atomic mass is 19.1. The molecule has 0 aliphatic heterocycles. The minimum absolute atomic E-state index is 0.0274. The lowest BCUT2D eigenvalue weighted by molar-refractivity contribution is 0.584. The van der Waals surface area contributed by atoms with Crippen molar-refractivity contribution >= 4 is 5.69 Å². The summed E-state index contributed by atoms with van der Waals surface area (Å²) in [4.78, 5) is 3.50. The second-order valence-electron chi connectivity index (χ2n) is 3.97. The number of pyridine rings is 1. The molecule has 0 bridgehead atoms. The van der Waals surface area contributed by atoms with E-state index in [2.05, 4.69) is 16.4 Å². The fraction of sp³-hybridized carbons (Fsp3) is 0.143. The van der Waals surface area contributed by atoms with E-state index in [1.54, 1.807) is 18.2 Å². The summed E-state index contributed by atoms with van der Waals surface area (Å²) in [6.45, 7) is 1.97. The Labute approximate surface area is 105 Å². The molecule has 90 valence electrons. The zero-order valence-corrected chi connectivity index (χ0v) is 9.89. The predicted molar refractivity (Wildman–Crippen MR) is 67.4 cm³/mol. The summed E-state index contributed by atoms with van der Waals surface area (Å²) >= 11 is 0. The average Bonchev–Trinajstić information content (AvgIpc) is 2.39. The lowest BCUT2D eigenvalue weighted by Gasteiger charge is -2.15. The van der Waals surface area contributed by atoms with Gasteiger partial charge in [0.05, 0.1) is 11.6 Å². The van der Waals surface area contributed by atoms with Crippen LogP contribution in [0.1, 0.15) is 24.1 Å². The number of nitrogens with one attached hydrogen (secondary N) is 1. The van der Waals surface area contributed by atoms with Gasteiger partial charge in [0.25, 0.3) is 0 Å². The number of halogens is 1. The molecule has 18 heavy (non-hydrogen) atoms. The first-order valence-corrected chi connectivity index (χ1v) is 5.57. The van der Waals surface area contributed by atoms with E-state index in [-0.39, 0.29) is 6.04 Å². The first-order valence-electron chi connectivity index (χ1n) is 5.57. The molecule has 0 aliphatic carbocycles. The van der Waals surface area contributed by atoms with Gasteiger partial charge < -0.3 is 5.32 Å². The number of rotatable bonds is 3. The van der Waals surface area contributed by atoms with E-state index in [0.717, 1.165) is 5.56 Å². The number of anilines is 1. The van der Waals surface area contributed by atoms with Crippen LogP contribution in [0.3, 0.4) is 0 Å². The smallest absolute Gasteiger partial charge is 0.214 e. The zero-order valence-electron chi connectivity index (χ0n) is 9.89. The topological polar surface area (TPSA) is 48.7 Å². The molecule has 0 saturated heterocycles. The Bertz CT molecular complexity index is 572. The zero-order chi connectivity index (χ0) is 13.0. The second kappa shape index (κ2) is 5.28. The normalized spacial score (nSPS) is 11.6. The summed E-state index contributed by atoms with van der Waals surface area (Å²) in [5.41, 5.74) is 2.34. The maximum atomic E-state index is 12.9. The SMILES string of the molecule is CC(Nc1ccnc(F)c1)c1ccc(C#N)cc1. The standard InChI is InChI=1S/C14H12FN3/c1-10(12-4-2-11(9-16)3-5-12)18-13-6-7-17-14(15)8-13/h2-8,10H,1H3,(H,17,18). The molecule has 1 atom stereocenters. The number of aromatic nitrogens is 1. The molecule has 0 amide bonds. The lowest BCUT2D eigenvalue weighted by atomic mass is 10.1. The van der Waals surface area contributed by atoms with Crippen molar-refractivity contribution in [1.82, 2.24) is 4.98 Å². The summed E-state index contributed by atoms with van der Waals surface area (Å²) < 4.78 is 12.9. The van der Waals surface area contributed by atoms with Crippen LogP contribution in [-0.2, 0) is 0 Å². The maximum absolute atomic E-state index is 12.9. The summed E-state index contributed by atoms with van der Waals surface area (Å²) in [7, 11) is 0. The summed E-state index contributed by atoms with van der Waals surface area (Å²) in [5.74, 6) is -0.507. The van der Waals surface area contributed by atoms with Gasteiger partial charge >= 0.3 is 0 Å². The molecule has 1 unspecified atom stereocenters. The molecule has 3 nitrogen and oxygen atoms in total. The molecule has 0 saturated carbocycles. The highest BCUT2D eigenvalue weighted by Crippen LogP contribution is 2.19. The Kier molecular flexibility index (Phi) is 3.54. The van der Waals surface area contributed by atoms with Crippen LogP contribution >= 0.6 is 0 Å². The first kappa shape index (κ1) is 12.1. The Hall–Kier alpha value is -2.41. The van der Waals surface area contributed by atoms with Gasteiger partial charge in [-0.25, -0.2) is 4.98 Å². The third kappa shape index (κ3) is 2.83. The third-order valence-corrected chi connectivity index (χ3v) is 2.65. The molecule has 0 aliphatic rings. The number of nitrogens with zero attached hydrogens (tertiary/aromatic N) is 2. The molecule has 1 N–H and O–H groups in total. The highest BCUT2D eigenvalue weighted by molar-refractivity contribution is 5.44. The van der Waals surface area contributed by atoms with Gasteiger partial charge in [0.1, 0.15) is 0 Å². The van der Waals surface area contributed by atoms with Crippen LogP contribution in [0.4, 0.5) is 10.1 Å². The number of hydrogen-bond acceptors (Lipinski definition) is 3. The lowest BCUT2D eigenvalue weighted by Crippen LogP contribution is -2.06. The Morgan fingerprint density at radius 3 is 2.61 bits per heavy atom. The minimum atomic E-state index is -0.507. The van der Waals surface area contributed by atoms with Gasteiger partial charge in [0.15, 0.2) is 0 Å². The van der Waals surface area contributed by atoms with Crippen molar-refractivity contribution in [3.05, 3.63) is 59.7 Å². The highest BCUT2D eigenvalue weighted by Gasteiger charge is 2.05. The molecule has 1 aromatic carbocycles. The van der Waals surface area contributed by atoms with E-state index in [1.165, 1.54) is 12.3 Å². The quantitative estimate of drug-likeness (QED) is 0.839. The van der Waals surface area contributed by atoms with Gasteiger partial charge in [-0.1, -0.05) is 12.1 Å². The summed E-state index contributed by atoms with van der Waals surface area (Å²) in [6.07, 6.45) is 1.42. The monoisotopic (exact) mass is 241 g/mol. The van der Waals surface area contributed by atoms with Crippen molar-refractivity contribution in [2.75, 3.05) is 5.32 Å². The van der Waals surface area contributed by atoms with Crippen molar-refractivity contribution in [2.45, 2.75) is 13.0 Å². The third-order valence-electron chi connectivity index (χ3n) is 2.65. The van der Waals surface area contributed by atoms with Gasteiger partial charge in [-0.2, -0.15) is 9.65 Å². The van der Waals surface area contributed by atoms with E-state index in [9.17, 15) is 4.39 Å². The van der Waals surface area contributed by atoms with Crippen LogP contribution in [0.2, 0.25) is 0 Å². The second-order valence-corrected chi connectivity index (χ2v) is 3.97. The molecule has 4 heteroatoms. The van der Waals surface area contributed by atoms with Crippen molar-refractivity contribution in [1.29, 1.82) is 5.26 Å². The van der Waals surface area contributed by atoms with Crippen LogP contribution in [0.25, 0.3) is 0 Å². The molecule has 2 rings (SSSR count). The van der Waals surface area contributed by atoms with Gasteiger partial charge in [0, 0.05) is 24.0 Å². The van der Waals surface area contributed by atoms with Crippen LogP contribution in [-0.4, -0.2) is 4.98 Å². The molecule has 2 aromatic rings. The van der Waals surface area contributed by atoms with Crippen molar-refractivity contribution in [3.63, 3.8) is 0 Å². The van der Waals surface area contributed by atoms with Crippen molar-refractivity contribution in [2.24, 2.45) is 0 Å². The number of nitriles is 1. The van der Waals surface area contributed by atoms with Crippen LogP contribution in [0.5, 0.6) is 0 Å². The number of hydrogen-bond donors (Lipinski definition) is 1. The summed E-state index contributed by atoms with van der Waals surface area (Å²) in [5, 5.41) is 11.9. The van der Waals surface area contributed by atoms with E-state index in [1.807, 2.05) is 19.1 Å². The maximum Gasteiger partial charge on any atom is 0.214 e. The number of benzene rings is 1. The predicted octanol–water partition coefficient (Wildman–Crippen LogP) is 3.27. The molecule has 1 aromatic heterocycles. The molecule has 0 spiro atoms. The molecule has 0 radical (unpaired) electrons. The first-order chi connectivity index (χ1) is 8.69. The van der Waals surface area contributed by atoms with Gasteiger partial charge in [-0.15, -0.1) is 0 Å². The molecule has 0 fully saturated rings. The molecular formula is C14H12FN3. The Morgan fingerprint density at radius 2 is 2.00 bits per heavy atom. The Morgan fingerprint density at radius 1 is 1.28 bits per heavy atom. The molecule has 1 heterocycles. The van der Waals surface area contributed by atoms with Crippen LogP contribution in [0, 0.1) is 17.3 Å². The van der Waals surface area contributed by atoms with E-state index >= 15 is 0 Å². The largest absolute Gasteiger partial charge is 0.378 e. The van der Waals surface area contributed by atoms with Crippen LogP contribution < -0.4 is 5.32 Å². The van der Waals surface area contributed by atoms with E-state index in [4.69, 9.17) is 5.26 Å². The van der Waals surface area contributed by atoms with E-state index in [0.29, 0.717) is 11.3 Å². The van der Waals surface area contributed by atoms with Crippen molar-refractivity contribution in [3.8, 4) is 6.07 Å². The summed E-state index contributed by atoms with van der Waals surface area (Å²) in [6, 6.07) is 12.5. The van der Waals surface area contributed by atoms with Gasteiger partial charge in [-0.3, -0.25) is 0 Å².